The zero-order chi connectivity index (χ0) is 13.5. The highest BCUT2D eigenvalue weighted by Crippen LogP contribution is 2.09. The lowest BCUT2D eigenvalue weighted by Gasteiger charge is -2.07. The number of hydrogen-bond donors (Lipinski definition) is 1. The fraction of sp³-hybridized carbons (Fsp3) is 0.125. The van der Waals surface area contributed by atoms with Gasteiger partial charge in [-0.1, -0.05) is 36.4 Å². The van der Waals surface area contributed by atoms with Gasteiger partial charge in [0.15, 0.2) is 0 Å². The van der Waals surface area contributed by atoms with Crippen LogP contribution in [0, 0.1) is 22.7 Å². The third-order valence-electron chi connectivity index (χ3n) is 2.91. The van der Waals surface area contributed by atoms with Crippen molar-refractivity contribution in [1.29, 1.82) is 10.5 Å². The Hall–Kier alpha value is -2.62. The molecule has 0 saturated heterocycles. The van der Waals surface area contributed by atoms with Crippen LogP contribution in [0.1, 0.15) is 22.3 Å². The molecule has 0 fully saturated rings. The summed E-state index contributed by atoms with van der Waals surface area (Å²) in [5.74, 6) is 0. The third-order valence-corrected chi connectivity index (χ3v) is 2.91. The molecule has 0 bridgehead atoms. The lowest BCUT2D eigenvalue weighted by atomic mass is 10.1. The molecule has 19 heavy (non-hydrogen) atoms. The molecular weight excluding hydrogens is 234 g/mol. The average Bonchev–Trinajstić information content (AvgIpc) is 2.48. The number of nitrogens with one attached hydrogen (secondary N) is 1. The molecule has 2 rings (SSSR count). The van der Waals surface area contributed by atoms with Crippen molar-refractivity contribution in [2.45, 2.75) is 13.1 Å². The van der Waals surface area contributed by atoms with E-state index in [1.807, 2.05) is 36.4 Å². The van der Waals surface area contributed by atoms with Gasteiger partial charge >= 0.3 is 0 Å². The highest BCUT2D eigenvalue weighted by molar-refractivity contribution is 5.38. The first kappa shape index (κ1) is 12.8. The maximum absolute atomic E-state index is 9.00. The van der Waals surface area contributed by atoms with E-state index in [0.29, 0.717) is 24.2 Å². The lowest BCUT2D eigenvalue weighted by molar-refractivity contribution is 0.691. The Labute approximate surface area is 112 Å². The maximum atomic E-state index is 9.00. The van der Waals surface area contributed by atoms with E-state index >= 15 is 0 Å². The van der Waals surface area contributed by atoms with E-state index < -0.39 is 0 Å². The van der Waals surface area contributed by atoms with Gasteiger partial charge in [-0.3, -0.25) is 0 Å². The van der Waals surface area contributed by atoms with Gasteiger partial charge in [0.05, 0.1) is 23.3 Å². The Balaban J connectivity index is 2.01. The summed E-state index contributed by atoms with van der Waals surface area (Å²) in [6.45, 7) is 1.23. The Morgan fingerprint density at radius 1 is 0.737 bits per heavy atom. The first-order valence-electron chi connectivity index (χ1n) is 6.02. The molecule has 0 spiro atoms. The number of nitrogens with zero attached hydrogens (tertiary/aromatic N) is 2. The van der Waals surface area contributed by atoms with E-state index in [1.165, 1.54) is 0 Å². The van der Waals surface area contributed by atoms with E-state index in [9.17, 15) is 0 Å². The Morgan fingerprint density at radius 2 is 1.16 bits per heavy atom. The van der Waals surface area contributed by atoms with E-state index in [0.717, 1.165) is 11.1 Å². The molecule has 0 aromatic heterocycles. The van der Waals surface area contributed by atoms with E-state index in [2.05, 4.69) is 17.5 Å². The maximum Gasteiger partial charge on any atom is 0.0995 e. The second kappa shape index (κ2) is 6.35. The number of hydrogen-bond acceptors (Lipinski definition) is 3. The van der Waals surface area contributed by atoms with Crippen molar-refractivity contribution < 1.29 is 0 Å². The van der Waals surface area contributed by atoms with Crippen LogP contribution >= 0.6 is 0 Å². The Morgan fingerprint density at radius 3 is 1.58 bits per heavy atom. The van der Waals surface area contributed by atoms with Crippen LogP contribution in [0.5, 0.6) is 0 Å². The summed E-state index contributed by atoms with van der Waals surface area (Å²) < 4.78 is 0. The summed E-state index contributed by atoms with van der Waals surface area (Å²) in [4.78, 5) is 0. The molecule has 0 radical (unpaired) electrons. The van der Waals surface area contributed by atoms with Crippen molar-refractivity contribution in [3.05, 3.63) is 70.8 Å². The zero-order valence-corrected chi connectivity index (χ0v) is 10.4. The Bertz CT molecular complexity index is 590. The van der Waals surface area contributed by atoms with Crippen LogP contribution in [0.3, 0.4) is 0 Å². The van der Waals surface area contributed by atoms with Crippen LogP contribution in [0.15, 0.2) is 48.5 Å². The summed E-state index contributed by atoms with van der Waals surface area (Å²) in [5, 5.41) is 21.3. The van der Waals surface area contributed by atoms with E-state index in [-0.39, 0.29) is 0 Å². The van der Waals surface area contributed by atoms with Crippen LogP contribution in [0.4, 0.5) is 0 Å². The average molecular weight is 247 g/mol. The molecule has 0 heterocycles. The normalized spacial score (nSPS) is 9.58. The first-order chi connectivity index (χ1) is 9.35. The monoisotopic (exact) mass is 247 g/mol. The largest absolute Gasteiger partial charge is 0.309 e. The van der Waals surface area contributed by atoms with Gasteiger partial charge < -0.3 is 5.32 Å². The topological polar surface area (TPSA) is 59.6 Å². The standard InChI is InChI=1S/C16H13N3/c17-9-13-5-1-3-7-15(13)11-19-12-16-8-4-2-6-14(16)10-18/h1-8,19H,11-12H2. The van der Waals surface area contributed by atoms with E-state index in [1.54, 1.807) is 12.1 Å². The summed E-state index contributed by atoms with van der Waals surface area (Å²) in [5.41, 5.74) is 3.31. The minimum absolute atomic E-state index is 0.615. The van der Waals surface area contributed by atoms with Crippen LogP contribution < -0.4 is 5.32 Å². The minimum atomic E-state index is 0.615. The molecule has 2 aromatic carbocycles. The van der Waals surface area contributed by atoms with Gasteiger partial charge in [0.1, 0.15) is 0 Å². The van der Waals surface area contributed by atoms with Gasteiger partial charge in [0.25, 0.3) is 0 Å². The summed E-state index contributed by atoms with van der Waals surface area (Å²) in [6.07, 6.45) is 0. The second-order valence-electron chi connectivity index (χ2n) is 4.14. The summed E-state index contributed by atoms with van der Waals surface area (Å²) in [7, 11) is 0. The van der Waals surface area contributed by atoms with Crippen molar-refractivity contribution in [3.63, 3.8) is 0 Å². The molecule has 0 aliphatic rings. The molecule has 0 aliphatic heterocycles. The van der Waals surface area contributed by atoms with E-state index in [4.69, 9.17) is 10.5 Å². The molecular formula is C16H13N3. The van der Waals surface area contributed by atoms with Gasteiger partial charge in [-0.25, -0.2) is 0 Å². The molecule has 0 saturated carbocycles. The van der Waals surface area contributed by atoms with Gasteiger partial charge in [-0.05, 0) is 23.3 Å². The second-order valence-corrected chi connectivity index (χ2v) is 4.14. The summed E-state index contributed by atoms with van der Waals surface area (Å²) >= 11 is 0. The quantitative estimate of drug-likeness (QED) is 0.903. The number of rotatable bonds is 4. The summed E-state index contributed by atoms with van der Waals surface area (Å²) in [6, 6.07) is 19.4. The van der Waals surface area contributed by atoms with Crippen molar-refractivity contribution in [3.8, 4) is 12.1 Å². The molecule has 1 N–H and O–H groups in total. The molecule has 2 aromatic rings. The smallest absolute Gasteiger partial charge is 0.0995 e. The molecule has 3 nitrogen and oxygen atoms in total. The van der Waals surface area contributed by atoms with Crippen molar-refractivity contribution in [2.75, 3.05) is 0 Å². The molecule has 92 valence electrons. The van der Waals surface area contributed by atoms with Crippen molar-refractivity contribution >= 4 is 0 Å². The van der Waals surface area contributed by atoms with Crippen LogP contribution in [-0.4, -0.2) is 0 Å². The molecule has 0 atom stereocenters. The van der Waals surface area contributed by atoms with Crippen molar-refractivity contribution in [1.82, 2.24) is 5.32 Å². The molecule has 3 heteroatoms. The van der Waals surface area contributed by atoms with Gasteiger partial charge in [-0.15, -0.1) is 0 Å². The van der Waals surface area contributed by atoms with Crippen molar-refractivity contribution in [2.24, 2.45) is 0 Å². The first-order valence-corrected chi connectivity index (χ1v) is 6.02. The third kappa shape index (κ3) is 3.19. The Kier molecular flexibility index (Phi) is 4.29. The number of nitriles is 2. The minimum Gasteiger partial charge on any atom is -0.309 e. The fourth-order valence-corrected chi connectivity index (χ4v) is 1.90. The van der Waals surface area contributed by atoms with Crippen LogP contribution in [0.25, 0.3) is 0 Å². The molecule has 0 aliphatic carbocycles. The highest BCUT2D eigenvalue weighted by Gasteiger charge is 2.02. The zero-order valence-electron chi connectivity index (χ0n) is 10.4. The molecule has 0 unspecified atom stereocenters. The predicted octanol–water partition coefficient (Wildman–Crippen LogP) is 2.72. The molecule has 0 amide bonds. The SMILES string of the molecule is N#Cc1ccccc1CNCc1ccccc1C#N. The predicted molar refractivity (Wildman–Crippen MR) is 72.9 cm³/mol. The fourth-order valence-electron chi connectivity index (χ4n) is 1.90. The van der Waals surface area contributed by atoms with Gasteiger partial charge in [0.2, 0.25) is 0 Å². The van der Waals surface area contributed by atoms with Crippen LogP contribution in [0.2, 0.25) is 0 Å². The van der Waals surface area contributed by atoms with Gasteiger partial charge in [0, 0.05) is 13.1 Å². The van der Waals surface area contributed by atoms with Gasteiger partial charge in [-0.2, -0.15) is 10.5 Å². The number of benzene rings is 2. The van der Waals surface area contributed by atoms with Crippen LogP contribution in [-0.2, 0) is 13.1 Å². The lowest BCUT2D eigenvalue weighted by Crippen LogP contribution is -2.14. The highest BCUT2D eigenvalue weighted by atomic mass is 14.8.